The summed E-state index contributed by atoms with van der Waals surface area (Å²) in [5.41, 5.74) is 5.95. The molecule has 17 nitrogen and oxygen atoms in total. The fourth-order valence-corrected chi connectivity index (χ4v) is 10.7. The number of ether oxygens (including phenoxy) is 3. The van der Waals surface area contributed by atoms with Gasteiger partial charge in [-0.2, -0.15) is 0 Å². The zero-order valence-electron chi connectivity index (χ0n) is 38.7. The first-order valence-electron chi connectivity index (χ1n) is 23.6. The number of amides is 5. The number of hydrogen-bond acceptors (Lipinski definition) is 12. The summed E-state index contributed by atoms with van der Waals surface area (Å²) in [7, 11) is 0. The van der Waals surface area contributed by atoms with E-state index in [1.807, 2.05) is 65.6 Å². The van der Waals surface area contributed by atoms with Crippen LogP contribution in [0.25, 0.3) is 0 Å². The number of likely N-dealkylation sites (tertiary alicyclic amines) is 1. The third-order valence-electron chi connectivity index (χ3n) is 13.7. The molecule has 4 N–H and O–H groups in total. The van der Waals surface area contributed by atoms with Gasteiger partial charge in [-0.3, -0.25) is 29.4 Å². The highest BCUT2D eigenvalue weighted by molar-refractivity contribution is 6.23. The summed E-state index contributed by atoms with van der Waals surface area (Å²) in [5.74, 6) is 2.68. The number of carbonyl (C=O) groups is 5. The number of aliphatic hydroxyl groups is 1. The van der Waals surface area contributed by atoms with Crippen molar-refractivity contribution in [1.82, 2.24) is 15.1 Å². The van der Waals surface area contributed by atoms with E-state index in [9.17, 15) is 24.8 Å². The fourth-order valence-electron chi connectivity index (χ4n) is 10.7. The molecule has 9 rings (SSSR count). The van der Waals surface area contributed by atoms with Gasteiger partial charge in [0, 0.05) is 30.8 Å². The Kier molecular flexibility index (Phi) is 14.1. The number of imide groups is 1. The van der Waals surface area contributed by atoms with E-state index in [4.69, 9.17) is 19.9 Å². The molecular formula is C54H52N6O11. The largest absolute Gasteiger partial charge is 0.491 e. The van der Waals surface area contributed by atoms with Gasteiger partial charge in [-0.05, 0) is 83.1 Å². The van der Waals surface area contributed by atoms with E-state index < -0.39 is 70.4 Å². The molecule has 0 saturated carbocycles. The number of nitro benzene ring substituents is 1. The van der Waals surface area contributed by atoms with Crippen molar-refractivity contribution >= 4 is 41.3 Å². The van der Waals surface area contributed by atoms with Crippen LogP contribution in [0.5, 0.6) is 5.75 Å². The summed E-state index contributed by atoms with van der Waals surface area (Å²) in [4.78, 5) is 90.3. The van der Waals surface area contributed by atoms with Gasteiger partial charge in [-0.1, -0.05) is 104 Å². The third kappa shape index (κ3) is 9.27. The molecule has 6 atom stereocenters. The molecule has 4 aliphatic rings. The maximum atomic E-state index is 16.7. The smallest absolute Gasteiger partial charge is 0.421 e. The topological polar surface area (TPSA) is 224 Å². The van der Waals surface area contributed by atoms with E-state index in [1.165, 1.54) is 24.3 Å². The Morgan fingerprint density at radius 1 is 0.831 bits per heavy atom. The summed E-state index contributed by atoms with van der Waals surface area (Å²) >= 11 is 0. The number of carbonyl (C=O) groups excluding carboxylic acids is 5. The summed E-state index contributed by atoms with van der Waals surface area (Å²) in [5, 5.41) is 23.7. The third-order valence-corrected chi connectivity index (χ3v) is 13.7. The van der Waals surface area contributed by atoms with Crippen LogP contribution in [0.4, 0.5) is 21.0 Å². The first kappa shape index (κ1) is 48.0. The minimum absolute atomic E-state index is 0.0560. The molecule has 1 spiro atoms. The van der Waals surface area contributed by atoms with Crippen molar-refractivity contribution in [2.45, 2.75) is 68.4 Å². The van der Waals surface area contributed by atoms with Crippen LogP contribution in [0.1, 0.15) is 83.7 Å². The first-order chi connectivity index (χ1) is 34.5. The monoisotopic (exact) mass is 960 g/mol. The second-order valence-electron chi connectivity index (χ2n) is 17.9. The summed E-state index contributed by atoms with van der Waals surface area (Å²) in [6.07, 6.45) is 2.06. The fraction of sp³-hybridized carbons (Fsp3) is 0.315. The summed E-state index contributed by atoms with van der Waals surface area (Å²) in [6.45, 7) is -0.119. The van der Waals surface area contributed by atoms with Gasteiger partial charge in [-0.25, -0.2) is 14.5 Å². The second-order valence-corrected chi connectivity index (χ2v) is 17.9. The van der Waals surface area contributed by atoms with E-state index in [0.717, 1.165) is 29.7 Å². The number of cyclic esters (lactones) is 1. The highest BCUT2D eigenvalue weighted by atomic mass is 16.6. The number of hydrogen-bond donors (Lipinski definition) is 3. The number of fused-ring (bicyclic) bond motifs is 3. The van der Waals surface area contributed by atoms with Gasteiger partial charge in [0.2, 0.25) is 11.8 Å². The van der Waals surface area contributed by atoms with Crippen molar-refractivity contribution in [2.24, 2.45) is 11.7 Å². The molecule has 5 aromatic carbocycles. The minimum atomic E-state index is -2.11. The Hall–Kier alpha value is -8.07. The van der Waals surface area contributed by atoms with Gasteiger partial charge in [0.25, 0.3) is 5.69 Å². The molecule has 0 radical (unpaired) electrons. The lowest BCUT2D eigenvalue weighted by molar-refractivity contribution is -0.384. The van der Waals surface area contributed by atoms with E-state index in [0.29, 0.717) is 53.9 Å². The van der Waals surface area contributed by atoms with Crippen LogP contribution >= 0.6 is 0 Å². The van der Waals surface area contributed by atoms with Crippen LogP contribution < -0.4 is 20.7 Å². The number of nitrogens with one attached hydrogen (secondary N) is 1. The molecular weight excluding hydrogens is 909 g/mol. The van der Waals surface area contributed by atoms with Crippen LogP contribution in [0.2, 0.25) is 0 Å². The number of nitro groups is 1. The van der Waals surface area contributed by atoms with E-state index in [-0.39, 0.29) is 43.3 Å². The Balaban J connectivity index is 1.32. The number of nitrogens with zero attached hydrogens (tertiary/aromatic N) is 4. The van der Waals surface area contributed by atoms with Gasteiger partial charge in [0.15, 0.2) is 0 Å². The van der Waals surface area contributed by atoms with Crippen molar-refractivity contribution in [2.75, 3.05) is 37.7 Å². The van der Waals surface area contributed by atoms with E-state index in [2.05, 4.69) is 17.2 Å². The van der Waals surface area contributed by atoms with Crippen LogP contribution in [0.15, 0.2) is 127 Å². The quantitative estimate of drug-likeness (QED) is 0.0539. The molecule has 0 aromatic heterocycles. The standard InChI is InChI=1S/C54H52N6O11/c55-52(65)56-27-13-14-35-23-26-43-42(32-35)54(51(64)58(43)53(66)70-34-36-21-24-40(25-22-36)60(67)68)44(49(62)57-28-10-2-1-3-11-29-57)46-50(63)71-47(38-17-8-5-9-18-38)45(37-15-6-4-7-16-37)59(46)48(54)39-19-12-20-41(33-39)69-31-30-61/h4-9,12,15-26,32-33,44-48,61H,1-3,10-11,27-31,34H2,(H3,55,56,65). The van der Waals surface area contributed by atoms with Crippen molar-refractivity contribution < 1.29 is 48.2 Å². The lowest BCUT2D eigenvalue weighted by Gasteiger charge is -2.46. The van der Waals surface area contributed by atoms with Crippen molar-refractivity contribution in [1.29, 1.82) is 0 Å². The molecule has 4 aliphatic heterocycles. The second kappa shape index (κ2) is 20.9. The van der Waals surface area contributed by atoms with E-state index >= 15 is 14.4 Å². The van der Waals surface area contributed by atoms with Gasteiger partial charge in [0.1, 0.15) is 36.5 Å². The van der Waals surface area contributed by atoms with Crippen LogP contribution in [0.3, 0.4) is 0 Å². The molecule has 5 aromatic rings. The predicted molar refractivity (Wildman–Crippen MR) is 258 cm³/mol. The number of urea groups is 1. The Morgan fingerprint density at radius 3 is 2.18 bits per heavy atom. The van der Waals surface area contributed by atoms with Crippen molar-refractivity contribution in [3.63, 3.8) is 0 Å². The molecule has 3 fully saturated rings. The maximum Gasteiger partial charge on any atom is 0.421 e. The lowest BCUT2D eigenvalue weighted by Crippen LogP contribution is -2.56. The maximum absolute atomic E-state index is 16.7. The predicted octanol–water partition coefficient (Wildman–Crippen LogP) is 6.78. The zero-order chi connectivity index (χ0) is 49.6. The minimum Gasteiger partial charge on any atom is -0.491 e. The molecule has 71 heavy (non-hydrogen) atoms. The molecule has 17 heteroatoms. The molecule has 0 aliphatic carbocycles. The number of benzene rings is 5. The Morgan fingerprint density at radius 2 is 1.51 bits per heavy atom. The highest BCUT2D eigenvalue weighted by Crippen LogP contribution is 2.66. The number of nitrogens with two attached hydrogens (primary N) is 1. The molecule has 4 heterocycles. The number of non-ortho nitro benzene ring substituents is 1. The van der Waals surface area contributed by atoms with Crippen LogP contribution in [0, 0.1) is 27.9 Å². The average Bonchev–Trinajstić information content (AvgIpc) is 3.83. The van der Waals surface area contributed by atoms with Crippen LogP contribution in [-0.2, 0) is 35.9 Å². The first-order valence-corrected chi connectivity index (χ1v) is 23.6. The number of morpholine rings is 1. The SMILES string of the molecule is NC(=O)NCC#Cc1ccc2c(c1)C1(C(=O)N2C(=O)OCc2ccc([N+](=O)[O-])cc2)C(C(=O)N2CCCCCCC2)C2C(=O)OC(c3ccccc3)C(c3ccccc3)N2C1c1cccc(OCCO)c1. The summed E-state index contributed by atoms with van der Waals surface area (Å²) < 4.78 is 18.5. The number of aliphatic hydroxyl groups excluding tert-OH is 1. The lowest BCUT2D eigenvalue weighted by atomic mass is 9.64. The zero-order valence-corrected chi connectivity index (χ0v) is 38.7. The van der Waals surface area contributed by atoms with Gasteiger partial charge in [0.05, 0.1) is 41.8 Å². The Labute approximate surface area is 409 Å². The molecule has 5 amide bonds. The normalized spacial score (nSPS) is 22.7. The summed E-state index contributed by atoms with van der Waals surface area (Å²) in [6, 6.07) is 31.6. The molecule has 0 bridgehead atoms. The molecule has 3 saturated heterocycles. The van der Waals surface area contributed by atoms with Crippen molar-refractivity contribution in [3.05, 3.63) is 171 Å². The Bertz CT molecular complexity index is 2880. The average molecular weight is 961 g/mol. The number of rotatable bonds is 11. The van der Waals surface area contributed by atoms with Gasteiger partial charge in [-0.15, -0.1) is 0 Å². The van der Waals surface area contributed by atoms with Gasteiger partial charge < -0.3 is 35.3 Å². The van der Waals surface area contributed by atoms with Crippen molar-refractivity contribution in [3.8, 4) is 17.6 Å². The van der Waals surface area contributed by atoms with E-state index in [1.54, 1.807) is 47.4 Å². The molecule has 364 valence electrons. The number of esters is 1. The number of anilines is 1. The highest BCUT2D eigenvalue weighted by Gasteiger charge is 2.76. The van der Waals surface area contributed by atoms with Gasteiger partial charge >= 0.3 is 18.1 Å². The number of primary amides is 1. The molecule has 6 unspecified atom stereocenters. The van der Waals surface area contributed by atoms with Crippen LogP contribution in [-0.4, -0.2) is 88.6 Å².